The lowest BCUT2D eigenvalue weighted by molar-refractivity contribution is -0.167. The fraction of sp³-hybridized carbons (Fsp3) is 0.625. The molecular formula is C72H116O6. The number of allylic oxidation sites excluding steroid dienone is 24. The summed E-state index contributed by atoms with van der Waals surface area (Å²) in [5.74, 6) is -0.968. The summed E-state index contributed by atoms with van der Waals surface area (Å²) in [5.41, 5.74) is 0. The molecule has 0 aliphatic rings. The fourth-order valence-electron chi connectivity index (χ4n) is 8.40. The summed E-state index contributed by atoms with van der Waals surface area (Å²) in [4.78, 5) is 38.1. The number of hydrogen-bond acceptors (Lipinski definition) is 6. The Kier molecular flexibility index (Phi) is 60.9. The Hall–Kier alpha value is -4.71. The number of hydrogen-bond donors (Lipinski definition) is 0. The maximum absolute atomic E-state index is 12.8. The Bertz CT molecular complexity index is 1710. The van der Waals surface area contributed by atoms with Gasteiger partial charge in [-0.3, -0.25) is 14.4 Å². The van der Waals surface area contributed by atoms with Crippen LogP contribution in [0.25, 0.3) is 0 Å². The molecule has 0 N–H and O–H groups in total. The molecule has 0 aliphatic carbocycles. The largest absolute Gasteiger partial charge is 0.462 e. The second-order valence-corrected chi connectivity index (χ2v) is 20.6. The Morgan fingerprint density at radius 2 is 0.513 bits per heavy atom. The molecule has 78 heavy (non-hydrogen) atoms. The minimum Gasteiger partial charge on any atom is -0.462 e. The van der Waals surface area contributed by atoms with Crippen LogP contribution in [0.5, 0.6) is 0 Å². The molecule has 0 fully saturated rings. The van der Waals surface area contributed by atoms with Crippen molar-refractivity contribution >= 4 is 17.9 Å². The second kappa shape index (κ2) is 64.8. The molecule has 0 aromatic rings. The van der Waals surface area contributed by atoms with Crippen LogP contribution in [0.4, 0.5) is 0 Å². The summed E-state index contributed by atoms with van der Waals surface area (Å²) < 4.78 is 16.8. The zero-order valence-electron chi connectivity index (χ0n) is 50.4. The first-order chi connectivity index (χ1) is 38.5. The van der Waals surface area contributed by atoms with Gasteiger partial charge in [-0.15, -0.1) is 0 Å². The SMILES string of the molecule is CC/C=C\C/C=C\C/C=C\C/C=C\C/C=C\C/C=C\C/C=C\CCCCCCCCCCCCCC(=O)OCC(COC(=O)CCCCCCCCCCCC)OC(=O)CCC/C=C\C/C=C\C/C=C\C/C=C\C/C=C\CC. The van der Waals surface area contributed by atoms with Crippen LogP contribution in [0.3, 0.4) is 0 Å². The molecular weight excluding hydrogens is 961 g/mol. The lowest BCUT2D eigenvalue weighted by Crippen LogP contribution is -2.30. The third-order valence-electron chi connectivity index (χ3n) is 13.1. The standard InChI is InChI=1S/C72H116O6/c1-4-7-10-13-16-19-22-24-26-28-29-30-31-32-33-34-35-36-37-38-39-40-41-42-43-45-46-48-50-53-56-59-62-65-71(74)77-68-69(67-76-70(73)64-61-58-55-52-21-18-15-12-9-6-3)78-72(75)66-63-60-57-54-51-49-47-44-27-25-23-20-17-14-11-8-5-2/h7-8,10-11,16-17,19-20,24-27,29-30,32-33,35-36,38-39,47,49,54,57,69H,4-6,9,12-15,18,21-23,28,31,34,37,40-46,48,50-53,55-56,58-68H2,1-3H3/b10-7-,11-8-,19-16-,20-17-,26-24-,27-25-,30-29-,33-32-,36-35-,39-38-,49-47-,57-54-. The van der Waals surface area contributed by atoms with Crippen molar-refractivity contribution in [2.45, 2.75) is 277 Å². The Morgan fingerprint density at radius 1 is 0.269 bits per heavy atom. The van der Waals surface area contributed by atoms with Crippen molar-refractivity contribution in [2.75, 3.05) is 13.2 Å². The lowest BCUT2D eigenvalue weighted by Gasteiger charge is -2.18. The zero-order valence-corrected chi connectivity index (χ0v) is 50.4. The summed E-state index contributed by atoms with van der Waals surface area (Å²) in [6, 6.07) is 0. The third kappa shape index (κ3) is 62.1. The van der Waals surface area contributed by atoms with Gasteiger partial charge in [0.15, 0.2) is 6.10 Å². The van der Waals surface area contributed by atoms with Gasteiger partial charge in [0.2, 0.25) is 0 Å². The van der Waals surface area contributed by atoms with Crippen molar-refractivity contribution < 1.29 is 28.6 Å². The molecule has 1 atom stereocenters. The van der Waals surface area contributed by atoms with Crippen molar-refractivity contribution in [2.24, 2.45) is 0 Å². The molecule has 0 heterocycles. The van der Waals surface area contributed by atoms with E-state index in [1.165, 1.54) is 103 Å². The molecule has 0 aliphatic heterocycles. The van der Waals surface area contributed by atoms with Crippen molar-refractivity contribution in [1.29, 1.82) is 0 Å². The summed E-state index contributed by atoms with van der Waals surface area (Å²) in [6.45, 7) is 6.35. The number of carbonyl (C=O) groups excluding carboxylic acids is 3. The van der Waals surface area contributed by atoms with E-state index in [-0.39, 0.29) is 37.5 Å². The van der Waals surface area contributed by atoms with E-state index in [1.807, 2.05) is 0 Å². The average molecular weight is 1080 g/mol. The topological polar surface area (TPSA) is 78.9 Å². The maximum Gasteiger partial charge on any atom is 0.306 e. The fourth-order valence-corrected chi connectivity index (χ4v) is 8.40. The molecule has 0 saturated carbocycles. The Labute approximate surface area is 480 Å². The minimum absolute atomic E-state index is 0.103. The smallest absolute Gasteiger partial charge is 0.306 e. The molecule has 0 radical (unpaired) electrons. The number of unbranched alkanes of at least 4 members (excludes halogenated alkanes) is 21. The zero-order chi connectivity index (χ0) is 56.4. The van der Waals surface area contributed by atoms with Gasteiger partial charge in [-0.05, 0) is 116 Å². The van der Waals surface area contributed by atoms with Crippen LogP contribution >= 0.6 is 0 Å². The van der Waals surface area contributed by atoms with Crippen LogP contribution < -0.4 is 0 Å². The van der Waals surface area contributed by atoms with Crippen LogP contribution in [-0.2, 0) is 28.6 Å². The van der Waals surface area contributed by atoms with Gasteiger partial charge < -0.3 is 14.2 Å². The molecule has 0 bridgehead atoms. The third-order valence-corrected chi connectivity index (χ3v) is 13.1. The number of esters is 3. The van der Waals surface area contributed by atoms with Gasteiger partial charge >= 0.3 is 17.9 Å². The van der Waals surface area contributed by atoms with Crippen molar-refractivity contribution in [3.8, 4) is 0 Å². The molecule has 440 valence electrons. The number of ether oxygens (including phenoxy) is 3. The van der Waals surface area contributed by atoms with Crippen LogP contribution in [-0.4, -0.2) is 37.2 Å². The van der Waals surface area contributed by atoms with E-state index in [4.69, 9.17) is 14.2 Å². The highest BCUT2D eigenvalue weighted by Crippen LogP contribution is 2.15. The van der Waals surface area contributed by atoms with Crippen molar-refractivity contribution in [1.82, 2.24) is 0 Å². The maximum atomic E-state index is 12.8. The molecule has 6 nitrogen and oxygen atoms in total. The summed E-state index contributed by atoms with van der Waals surface area (Å²) in [6.07, 6.45) is 93.0. The molecule has 1 unspecified atom stereocenters. The molecule has 0 rings (SSSR count). The molecule has 0 aromatic heterocycles. The predicted octanol–water partition coefficient (Wildman–Crippen LogP) is 21.9. The van der Waals surface area contributed by atoms with Gasteiger partial charge in [-0.2, -0.15) is 0 Å². The van der Waals surface area contributed by atoms with E-state index in [0.29, 0.717) is 19.3 Å². The van der Waals surface area contributed by atoms with E-state index < -0.39 is 6.10 Å². The minimum atomic E-state index is -0.812. The lowest BCUT2D eigenvalue weighted by atomic mass is 10.0. The van der Waals surface area contributed by atoms with E-state index in [0.717, 1.165) is 122 Å². The molecule has 0 saturated heterocycles. The molecule has 6 heteroatoms. The highest BCUT2D eigenvalue weighted by molar-refractivity contribution is 5.71. The Balaban J connectivity index is 4.25. The molecule has 0 aromatic carbocycles. The summed E-state index contributed by atoms with van der Waals surface area (Å²) >= 11 is 0. The second-order valence-electron chi connectivity index (χ2n) is 20.6. The predicted molar refractivity (Wildman–Crippen MR) is 339 cm³/mol. The number of carbonyl (C=O) groups is 3. The highest BCUT2D eigenvalue weighted by atomic mass is 16.6. The molecule has 0 amide bonds. The average Bonchev–Trinajstić information content (AvgIpc) is 3.44. The van der Waals surface area contributed by atoms with Gasteiger partial charge in [-0.1, -0.05) is 282 Å². The van der Waals surface area contributed by atoms with Crippen LogP contribution in [0, 0.1) is 0 Å². The first-order valence-corrected chi connectivity index (χ1v) is 31.8. The first kappa shape index (κ1) is 73.3. The van der Waals surface area contributed by atoms with Crippen LogP contribution in [0.1, 0.15) is 271 Å². The van der Waals surface area contributed by atoms with Gasteiger partial charge in [0.25, 0.3) is 0 Å². The number of rotatable bonds is 56. The van der Waals surface area contributed by atoms with E-state index in [1.54, 1.807) is 0 Å². The normalized spacial score (nSPS) is 13.1. The highest BCUT2D eigenvalue weighted by Gasteiger charge is 2.19. The molecule has 0 spiro atoms. The van der Waals surface area contributed by atoms with Crippen molar-refractivity contribution in [3.05, 3.63) is 146 Å². The van der Waals surface area contributed by atoms with E-state index >= 15 is 0 Å². The van der Waals surface area contributed by atoms with E-state index in [9.17, 15) is 14.4 Å². The van der Waals surface area contributed by atoms with E-state index in [2.05, 4.69) is 167 Å². The summed E-state index contributed by atoms with van der Waals surface area (Å²) in [7, 11) is 0. The van der Waals surface area contributed by atoms with Crippen molar-refractivity contribution in [3.63, 3.8) is 0 Å². The quantitative estimate of drug-likeness (QED) is 0.0261. The first-order valence-electron chi connectivity index (χ1n) is 31.8. The van der Waals surface area contributed by atoms with Gasteiger partial charge in [0, 0.05) is 19.3 Å². The monoisotopic (exact) mass is 1080 g/mol. The van der Waals surface area contributed by atoms with Crippen LogP contribution in [0.2, 0.25) is 0 Å². The van der Waals surface area contributed by atoms with Crippen LogP contribution in [0.15, 0.2) is 146 Å². The Morgan fingerprint density at radius 3 is 0.821 bits per heavy atom. The summed E-state index contributed by atoms with van der Waals surface area (Å²) in [5, 5.41) is 0. The van der Waals surface area contributed by atoms with Gasteiger partial charge in [0.1, 0.15) is 13.2 Å². The van der Waals surface area contributed by atoms with Gasteiger partial charge in [0.05, 0.1) is 0 Å². The van der Waals surface area contributed by atoms with Gasteiger partial charge in [-0.25, -0.2) is 0 Å².